The fraction of sp³-hybridized carbons (Fsp3) is 0.471. The molecule has 1 amide bonds. The Kier molecular flexibility index (Phi) is 4.13. The highest BCUT2D eigenvalue weighted by Gasteiger charge is 2.23. The molecule has 1 aromatic rings. The number of piperidine rings is 1. The molecule has 1 atom stereocenters. The molecule has 4 heteroatoms. The van der Waals surface area contributed by atoms with Crippen LogP contribution in [0.3, 0.4) is 0 Å². The largest absolute Gasteiger partial charge is 0.454 e. The van der Waals surface area contributed by atoms with Gasteiger partial charge in [-0.3, -0.25) is 4.79 Å². The van der Waals surface area contributed by atoms with Gasteiger partial charge in [0.25, 0.3) is 0 Å². The summed E-state index contributed by atoms with van der Waals surface area (Å²) >= 11 is 0. The van der Waals surface area contributed by atoms with E-state index in [1.807, 2.05) is 29.2 Å². The Morgan fingerprint density at radius 1 is 1.33 bits per heavy atom. The Bertz CT molecular complexity index is 553. The fourth-order valence-electron chi connectivity index (χ4n) is 3.00. The summed E-state index contributed by atoms with van der Waals surface area (Å²) in [5.74, 6) is 1.62. The number of rotatable bonds is 3. The SMILES string of the molecule is CCC1CCCCN1C(=O)/C=C/c1ccc2c(c1)OCO2. The van der Waals surface area contributed by atoms with Gasteiger partial charge in [-0.05, 0) is 49.5 Å². The molecule has 0 spiro atoms. The fourth-order valence-corrected chi connectivity index (χ4v) is 3.00. The number of carbonyl (C=O) groups excluding carboxylic acids is 1. The number of hydrogen-bond acceptors (Lipinski definition) is 3. The van der Waals surface area contributed by atoms with Crippen molar-refractivity contribution < 1.29 is 14.3 Å². The second-order valence-electron chi connectivity index (χ2n) is 5.54. The van der Waals surface area contributed by atoms with Crippen molar-refractivity contribution in [3.05, 3.63) is 29.8 Å². The Labute approximate surface area is 125 Å². The van der Waals surface area contributed by atoms with Gasteiger partial charge in [-0.15, -0.1) is 0 Å². The van der Waals surface area contributed by atoms with Crippen LogP contribution in [0.15, 0.2) is 24.3 Å². The van der Waals surface area contributed by atoms with E-state index in [0.717, 1.165) is 42.9 Å². The maximum atomic E-state index is 12.4. The van der Waals surface area contributed by atoms with Crippen LogP contribution in [0.5, 0.6) is 11.5 Å². The first kappa shape index (κ1) is 14.0. The van der Waals surface area contributed by atoms with Crippen LogP contribution in [-0.4, -0.2) is 30.2 Å². The normalized spacial score (nSPS) is 21.0. The summed E-state index contributed by atoms with van der Waals surface area (Å²) in [5, 5.41) is 0. The van der Waals surface area contributed by atoms with Crippen molar-refractivity contribution in [2.45, 2.75) is 38.6 Å². The van der Waals surface area contributed by atoms with Gasteiger partial charge in [-0.2, -0.15) is 0 Å². The number of fused-ring (bicyclic) bond motifs is 1. The van der Waals surface area contributed by atoms with Crippen molar-refractivity contribution in [3.63, 3.8) is 0 Å². The first-order valence-corrected chi connectivity index (χ1v) is 7.66. The van der Waals surface area contributed by atoms with Gasteiger partial charge in [-0.1, -0.05) is 13.0 Å². The lowest BCUT2D eigenvalue weighted by Gasteiger charge is -2.34. The second-order valence-corrected chi connectivity index (χ2v) is 5.54. The number of hydrogen-bond donors (Lipinski definition) is 0. The van der Waals surface area contributed by atoms with Crippen LogP contribution in [0, 0.1) is 0 Å². The molecule has 0 radical (unpaired) electrons. The van der Waals surface area contributed by atoms with Crippen molar-refractivity contribution >= 4 is 12.0 Å². The molecule has 3 rings (SSSR count). The monoisotopic (exact) mass is 287 g/mol. The van der Waals surface area contributed by atoms with E-state index in [-0.39, 0.29) is 12.7 Å². The van der Waals surface area contributed by atoms with Crippen LogP contribution < -0.4 is 9.47 Å². The van der Waals surface area contributed by atoms with E-state index in [1.165, 1.54) is 6.42 Å². The number of amides is 1. The van der Waals surface area contributed by atoms with Crippen LogP contribution in [0.25, 0.3) is 6.08 Å². The number of nitrogens with zero attached hydrogens (tertiary/aromatic N) is 1. The van der Waals surface area contributed by atoms with Crippen molar-refractivity contribution in [1.82, 2.24) is 4.90 Å². The van der Waals surface area contributed by atoms with Crippen LogP contribution in [0.1, 0.15) is 38.2 Å². The Morgan fingerprint density at radius 2 is 2.19 bits per heavy atom. The molecule has 0 saturated carbocycles. The third kappa shape index (κ3) is 3.04. The molecule has 1 fully saturated rings. The van der Waals surface area contributed by atoms with Gasteiger partial charge in [0, 0.05) is 18.7 Å². The van der Waals surface area contributed by atoms with Gasteiger partial charge in [0.15, 0.2) is 11.5 Å². The zero-order chi connectivity index (χ0) is 14.7. The molecule has 1 unspecified atom stereocenters. The van der Waals surface area contributed by atoms with Crippen molar-refractivity contribution in [2.75, 3.05) is 13.3 Å². The summed E-state index contributed by atoms with van der Waals surface area (Å²) in [7, 11) is 0. The summed E-state index contributed by atoms with van der Waals surface area (Å²) in [6.45, 7) is 3.30. The zero-order valence-corrected chi connectivity index (χ0v) is 12.4. The average molecular weight is 287 g/mol. The van der Waals surface area contributed by atoms with Gasteiger partial charge in [0.05, 0.1) is 0 Å². The molecule has 2 aliphatic rings. The molecule has 2 heterocycles. The van der Waals surface area contributed by atoms with Crippen LogP contribution >= 0.6 is 0 Å². The lowest BCUT2D eigenvalue weighted by atomic mass is 10.00. The summed E-state index contributed by atoms with van der Waals surface area (Å²) in [5.41, 5.74) is 0.956. The minimum atomic E-state index is 0.110. The summed E-state index contributed by atoms with van der Waals surface area (Å²) in [4.78, 5) is 14.4. The zero-order valence-electron chi connectivity index (χ0n) is 12.4. The first-order chi connectivity index (χ1) is 10.3. The average Bonchev–Trinajstić information content (AvgIpc) is 3.00. The summed E-state index contributed by atoms with van der Waals surface area (Å²) in [6, 6.07) is 6.11. The van der Waals surface area contributed by atoms with E-state index in [0.29, 0.717) is 6.04 Å². The van der Waals surface area contributed by atoms with Crippen LogP contribution in [0.4, 0.5) is 0 Å². The number of likely N-dealkylation sites (tertiary alicyclic amines) is 1. The number of carbonyl (C=O) groups is 1. The number of ether oxygens (including phenoxy) is 2. The minimum absolute atomic E-state index is 0.110. The summed E-state index contributed by atoms with van der Waals surface area (Å²) < 4.78 is 10.6. The first-order valence-electron chi connectivity index (χ1n) is 7.66. The van der Waals surface area contributed by atoms with E-state index in [1.54, 1.807) is 6.08 Å². The molecular formula is C17H21NO3. The van der Waals surface area contributed by atoms with Crippen molar-refractivity contribution in [2.24, 2.45) is 0 Å². The molecule has 0 N–H and O–H groups in total. The predicted molar refractivity (Wildman–Crippen MR) is 81.2 cm³/mol. The highest BCUT2D eigenvalue weighted by Crippen LogP contribution is 2.32. The standard InChI is InChI=1S/C17H21NO3/c1-2-14-5-3-4-10-18(14)17(19)9-7-13-6-8-15-16(11-13)21-12-20-15/h6-9,11,14H,2-5,10,12H2,1H3/b9-7+. The van der Waals surface area contributed by atoms with Crippen molar-refractivity contribution in [1.29, 1.82) is 0 Å². The van der Waals surface area contributed by atoms with Gasteiger partial charge in [0.1, 0.15) is 0 Å². The highest BCUT2D eigenvalue weighted by molar-refractivity contribution is 5.92. The van der Waals surface area contributed by atoms with E-state index in [2.05, 4.69) is 6.92 Å². The molecule has 0 aliphatic carbocycles. The van der Waals surface area contributed by atoms with Crippen molar-refractivity contribution in [3.8, 4) is 11.5 Å². The van der Waals surface area contributed by atoms with Gasteiger partial charge in [-0.25, -0.2) is 0 Å². The quantitative estimate of drug-likeness (QED) is 0.801. The minimum Gasteiger partial charge on any atom is -0.454 e. The molecule has 0 aromatic heterocycles. The molecule has 4 nitrogen and oxygen atoms in total. The lowest BCUT2D eigenvalue weighted by molar-refractivity contribution is -0.129. The molecule has 21 heavy (non-hydrogen) atoms. The Hall–Kier alpha value is -1.97. The van der Waals surface area contributed by atoms with Gasteiger partial charge in [0.2, 0.25) is 12.7 Å². The molecule has 1 aromatic carbocycles. The Balaban J connectivity index is 1.68. The molecule has 1 saturated heterocycles. The maximum absolute atomic E-state index is 12.4. The lowest BCUT2D eigenvalue weighted by Crippen LogP contribution is -2.42. The third-order valence-electron chi connectivity index (χ3n) is 4.20. The Morgan fingerprint density at radius 3 is 3.05 bits per heavy atom. The van der Waals surface area contributed by atoms with E-state index in [4.69, 9.17) is 9.47 Å². The molecular weight excluding hydrogens is 266 g/mol. The molecule has 2 aliphatic heterocycles. The van der Waals surface area contributed by atoms with Crippen LogP contribution in [0.2, 0.25) is 0 Å². The smallest absolute Gasteiger partial charge is 0.246 e. The second kappa shape index (κ2) is 6.20. The number of benzene rings is 1. The van der Waals surface area contributed by atoms with E-state index >= 15 is 0 Å². The highest BCUT2D eigenvalue weighted by atomic mass is 16.7. The van der Waals surface area contributed by atoms with Crippen LogP contribution in [-0.2, 0) is 4.79 Å². The van der Waals surface area contributed by atoms with E-state index in [9.17, 15) is 4.79 Å². The topological polar surface area (TPSA) is 38.8 Å². The molecule has 0 bridgehead atoms. The predicted octanol–water partition coefficient (Wildman–Crippen LogP) is 3.22. The van der Waals surface area contributed by atoms with E-state index < -0.39 is 0 Å². The van der Waals surface area contributed by atoms with Gasteiger partial charge < -0.3 is 14.4 Å². The van der Waals surface area contributed by atoms with Gasteiger partial charge >= 0.3 is 0 Å². The summed E-state index contributed by atoms with van der Waals surface area (Å²) in [6.07, 6.45) is 8.02. The third-order valence-corrected chi connectivity index (χ3v) is 4.20. The maximum Gasteiger partial charge on any atom is 0.246 e. The molecule has 112 valence electrons.